The van der Waals surface area contributed by atoms with Crippen molar-refractivity contribution in [2.45, 2.75) is 25.5 Å². The van der Waals surface area contributed by atoms with Crippen molar-refractivity contribution in [2.75, 3.05) is 13.7 Å². The first-order valence-electron chi connectivity index (χ1n) is 5.29. The average Bonchev–Trinajstić information content (AvgIpc) is 2.39. The molecule has 0 aliphatic carbocycles. The standard InChI is InChI=1S/C12H17NO2.ClH/c1-8-3-4-12-10(5-8)11(14)6-9(13-2)7-15-12;/h3-5,9,11,13-14H,6-7H2,1-2H3;1H. The van der Waals surface area contributed by atoms with Crippen LogP contribution in [0.15, 0.2) is 18.2 Å². The lowest BCUT2D eigenvalue weighted by molar-refractivity contribution is 0.153. The van der Waals surface area contributed by atoms with Gasteiger partial charge in [-0.25, -0.2) is 0 Å². The number of ether oxygens (including phenoxy) is 1. The molecule has 4 heteroatoms. The van der Waals surface area contributed by atoms with Crippen LogP contribution in [0, 0.1) is 6.92 Å². The van der Waals surface area contributed by atoms with Crippen molar-refractivity contribution in [3.05, 3.63) is 29.3 Å². The van der Waals surface area contributed by atoms with Crippen molar-refractivity contribution < 1.29 is 9.84 Å². The van der Waals surface area contributed by atoms with E-state index in [0.717, 1.165) is 16.9 Å². The van der Waals surface area contributed by atoms with Gasteiger partial charge in [0.15, 0.2) is 0 Å². The van der Waals surface area contributed by atoms with Crippen LogP contribution in [0.25, 0.3) is 0 Å². The molecule has 0 spiro atoms. The highest BCUT2D eigenvalue weighted by Gasteiger charge is 2.22. The maximum absolute atomic E-state index is 10.0. The zero-order valence-corrected chi connectivity index (χ0v) is 10.4. The van der Waals surface area contributed by atoms with Crippen LogP contribution >= 0.6 is 12.4 Å². The van der Waals surface area contributed by atoms with Gasteiger partial charge in [0.1, 0.15) is 12.4 Å². The van der Waals surface area contributed by atoms with Gasteiger partial charge in [0, 0.05) is 11.6 Å². The predicted octanol–water partition coefficient (Wildman–Crippen LogP) is 1.82. The first-order valence-corrected chi connectivity index (χ1v) is 5.29. The van der Waals surface area contributed by atoms with E-state index in [1.54, 1.807) is 0 Å². The minimum Gasteiger partial charge on any atom is -0.492 e. The van der Waals surface area contributed by atoms with E-state index in [9.17, 15) is 5.11 Å². The van der Waals surface area contributed by atoms with Crippen molar-refractivity contribution in [2.24, 2.45) is 0 Å². The summed E-state index contributed by atoms with van der Waals surface area (Å²) in [6.45, 7) is 2.64. The highest BCUT2D eigenvalue weighted by Crippen LogP contribution is 2.31. The Kier molecular flexibility index (Phi) is 4.59. The molecule has 2 N–H and O–H groups in total. The lowest BCUT2D eigenvalue weighted by Gasteiger charge is -2.14. The fraction of sp³-hybridized carbons (Fsp3) is 0.500. The molecule has 1 aliphatic heterocycles. The Morgan fingerprint density at radius 3 is 2.88 bits per heavy atom. The van der Waals surface area contributed by atoms with E-state index in [-0.39, 0.29) is 18.4 Å². The molecule has 3 nitrogen and oxygen atoms in total. The SMILES string of the molecule is CNC1COc2ccc(C)cc2C(O)C1.Cl. The Bertz CT molecular complexity index is 357. The van der Waals surface area contributed by atoms with Gasteiger partial charge in [-0.05, 0) is 32.5 Å². The summed E-state index contributed by atoms with van der Waals surface area (Å²) in [4.78, 5) is 0. The van der Waals surface area contributed by atoms with Crippen LogP contribution in [-0.4, -0.2) is 24.8 Å². The van der Waals surface area contributed by atoms with Gasteiger partial charge in [0.25, 0.3) is 0 Å². The average molecular weight is 244 g/mol. The molecule has 0 amide bonds. The highest BCUT2D eigenvalue weighted by atomic mass is 35.5. The fourth-order valence-corrected chi connectivity index (χ4v) is 1.92. The first-order chi connectivity index (χ1) is 7.20. The number of likely N-dealkylation sites (N-methyl/N-ethyl adjacent to an activating group) is 1. The Morgan fingerprint density at radius 1 is 1.44 bits per heavy atom. The van der Waals surface area contributed by atoms with Crippen molar-refractivity contribution in [3.63, 3.8) is 0 Å². The third kappa shape index (κ3) is 2.67. The zero-order chi connectivity index (χ0) is 10.8. The largest absolute Gasteiger partial charge is 0.492 e. The van der Waals surface area contributed by atoms with E-state index < -0.39 is 6.10 Å². The number of aryl methyl sites for hydroxylation is 1. The second-order valence-corrected chi connectivity index (χ2v) is 4.09. The van der Waals surface area contributed by atoms with Gasteiger partial charge in [0.05, 0.1) is 6.10 Å². The van der Waals surface area contributed by atoms with Crippen molar-refractivity contribution in [3.8, 4) is 5.75 Å². The molecule has 0 fully saturated rings. The number of hydrogen-bond donors (Lipinski definition) is 2. The summed E-state index contributed by atoms with van der Waals surface area (Å²) in [5.41, 5.74) is 2.06. The maximum atomic E-state index is 10.0. The number of halogens is 1. The summed E-state index contributed by atoms with van der Waals surface area (Å²) in [5.74, 6) is 0.811. The normalized spacial score (nSPS) is 23.7. The number of hydrogen-bond acceptors (Lipinski definition) is 3. The van der Waals surface area contributed by atoms with Gasteiger partial charge < -0.3 is 15.2 Å². The number of rotatable bonds is 1. The van der Waals surface area contributed by atoms with E-state index in [1.165, 1.54) is 0 Å². The van der Waals surface area contributed by atoms with Gasteiger partial charge >= 0.3 is 0 Å². The second-order valence-electron chi connectivity index (χ2n) is 4.09. The van der Waals surface area contributed by atoms with Crippen LogP contribution in [0.5, 0.6) is 5.75 Å². The summed E-state index contributed by atoms with van der Waals surface area (Å²) in [7, 11) is 1.89. The molecule has 2 rings (SSSR count). The van der Waals surface area contributed by atoms with E-state index in [2.05, 4.69) is 5.32 Å². The molecular weight excluding hydrogens is 226 g/mol. The second kappa shape index (κ2) is 5.53. The lowest BCUT2D eigenvalue weighted by atomic mass is 10.0. The molecule has 0 aromatic heterocycles. The topological polar surface area (TPSA) is 41.5 Å². The van der Waals surface area contributed by atoms with Crippen molar-refractivity contribution >= 4 is 12.4 Å². The fourth-order valence-electron chi connectivity index (χ4n) is 1.92. The van der Waals surface area contributed by atoms with Gasteiger partial charge in [-0.2, -0.15) is 0 Å². The number of fused-ring (bicyclic) bond motifs is 1. The summed E-state index contributed by atoms with van der Waals surface area (Å²) in [6.07, 6.45) is 0.271. The molecule has 1 heterocycles. The summed E-state index contributed by atoms with van der Waals surface area (Å²) < 4.78 is 5.65. The van der Waals surface area contributed by atoms with Crippen LogP contribution in [0.2, 0.25) is 0 Å². The quantitative estimate of drug-likeness (QED) is 0.791. The Morgan fingerprint density at radius 2 is 2.19 bits per heavy atom. The smallest absolute Gasteiger partial charge is 0.125 e. The van der Waals surface area contributed by atoms with E-state index in [0.29, 0.717) is 13.0 Å². The molecule has 2 atom stereocenters. The molecule has 1 aliphatic rings. The van der Waals surface area contributed by atoms with Crippen molar-refractivity contribution in [1.29, 1.82) is 0 Å². The van der Waals surface area contributed by atoms with Crippen LogP contribution in [-0.2, 0) is 0 Å². The molecular formula is C12H18ClNO2. The number of aliphatic hydroxyl groups is 1. The number of nitrogens with one attached hydrogen (secondary N) is 1. The number of benzene rings is 1. The third-order valence-corrected chi connectivity index (χ3v) is 2.88. The van der Waals surface area contributed by atoms with Gasteiger partial charge in [-0.15, -0.1) is 12.4 Å². The van der Waals surface area contributed by atoms with Crippen LogP contribution in [0.3, 0.4) is 0 Å². The third-order valence-electron chi connectivity index (χ3n) is 2.88. The molecule has 0 bridgehead atoms. The Balaban J connectivity index is 0.00000128. The minimum absolute atomic E-state index is 0. The van der Waals surface area contributed by atoms with E-state index in [1.807, 2.05) is 32.2 Å². The molecule has 0 saturated carbocycles. The van der Waals surface area contributed by atoms with Crippen LogP contribution in [0.1, 0.15) is 23.7 Å². The van der Waals surface area contributed by atoms with Gasteiger partial charge in [-0.3, -0.25) is 0 Å². The Hall–Kier alpha value is -0.770. The van der Waals surface area contributed by atoms with Crippen LogP contribution in [0.4, 0.5) is 0 Å². The summed E-state index contributed by atoms with van der Waals surface area (Å²) in [5, 5.41) is 13.2. The van der Waals surface area contributed by atoms with Crippen LogP contribution < -0.4 is 10.1 Å². The summed E-state index contributed by atoms with van der Waals surface area (Å²) in [6, 6.07) is 6.16. The first kappa shape index (κ1) is 13.3. The Labute approximate surface area is 102 Å². The molecule has 1 aromatic rings. The molecule has 2 unspecified atom stereocenters. The minimum atomic E-state index is -0.431. The van der Waals surface area contributed by atoms with Gasteiger partial charge in [0.2, 0.25) is 0 Å². The molecule has 0 radical (unpaired) electrons. The van der Waals surface area contributed by atoms with E-state index in [4.69, 9.17) is 4.74 Å². The molecule has 90 valence electrons. The van der Waals surface area contributed by atoms with Crippen molar-refractivity contribution in [1.82, 2.24) is 5.32 Å². The zero-order valence-electron chi connectivity index (χ0n) is 9.56. The molecule has 1 aromatic carbocycles. The lowest BCUT2D eigenvalue weighted by Crippen LogP contribution is -2.31. The van der Waals surface area contributed by atoms with Gasteiger partial charge in [-0.1, -0.05) is 11.6 Å². The monoisotopic (exact) mass is 243 g/mol. The molecule has 0 saturated heterocycles. The highest BCUT2D eigenvalue weighted by molar-refractivity contribution is 5.85. The number of aliphatic hydroxyl groups excluding tert-OH is 1. The predicted molar refractivity (Wildman–Crippen MR) is 66.3 cm³/mol. The van der Waals surface area contributed by atoms with E-state index >= 15 is 0 Å². The summed E-state index contributed by atoms with van der Waals surface area (Å²) >= 11 is 0. The molecule has 16 heavy (non-hydrogen) atoms. The maximum Gasteiger partial charge on any atom is 0.125 e.